The van der Waals surface area contributed by atoms with Crippen molar-refractivity contribution in [3.63, 3.8) is 0 Å². The van der Waals surface area contributed by atoms with E-state index in [0.717, 1.165) is 10.6 Å². The van der Waals surface area contributed by atoms with E-state index >= 15 is 0 Å². The molecule has 3 heteroatoms. The normalized spacial score (nSPS) is 10.4. The Morgan fingerprint density at radius 1 is 0.647 bits per heavy atom. The minimum atomic E-state index is 0.319. The molecule has 2 aromatic rings. The molecule has 0 saturated carbocycles. The van der Waals surface area contributed by atoms with E-state index in [9.17, 15) is 0 Å². The summed E-state index contributed by atoms with van der Waals surface area (Å²) in [6, 6.07) is 14.8. The van der Waals surface area contributed by atoms with E-state index in [1.54, 1.807) is 24.3 Å². The van der Waals surface area contributed by atoms with E-state index in [4.69, 9.17) is 10.2 Å². The summed E-state index contributed by atoms with van der Waals surface area (Å²) in [5.41, 5.74) is 2.53. The number of aromatic hydroxyl groups is 2. The molecule has 0 amide bonds. The Balaban J connectivity index is 1.83. The molecule has 2 rings (SSSR count). The SMILES string of the molecule is Oc1ccc(C[Se]Cc2ccc(O)cc2)cc1. The first kappa shape index (κ1) is 12.0. The van der Waals surface area contributed by atoms with Crippen LogP contribution < -0.4 is 0 Å². The van der Waals surface area contributed by atoms with Crippen molar-refractivity contribution >= 4 is 15.0 Å². The Labute approximate surface area is 107 Å². The van der Waals surface area contributed by atoms with E-state index in [-0.39, 0.29) is 0 Å². The average Bonchev–Trinajstić information content (AvgIpc) is 2.34. The number of hydrogen-bond donors (Lipinski definition) is 2. The van der Waals surface area contributed by atoms with Crippen molar-refractivity contribution in [2.24, 2.45) is 0 Å². The maximum atomic E-state index is 9.17. The fourth-order valence-corrected chi connectivity index (χ4v) is 3.48. The summed E-state index contributed by atoms with van der Waals surface area (Å²) in [7, 11) is 0. The van der Waals surface area contributed by atoms with Gasteiger partial charge in [-0.15, -0.1) is 0 Å². The van der Waals surface area contributed by atoms with Crippen molar-refractivity contribution in [2.75, 3.05) is 0 Å². The molecule has 88 valence electrons. The van der Waals surface area contributed by atoms with E-state index < -0.39 is 0 Å². The van der Waals surface area contributed by atoms with E-state index in [2.05, 4.69) is 0 Å². The van der Waals surface area contributed by atoms with Gasteiger partial charge in [0.2, 0.25) is 0 Å². The molecule has 0 aromatic heterocycles. The first-order chi connectivity index (χ1) is 8.24. The molecule has 0 radical (unpaired) electrons. The molecule has 2 aromatic carbocycles. The van der Waals surface area contributed by atoms with E-state index in [1.807, 2.05) is 24.3 Å². The Morgan fingerprint density at radius 3 is 1.35 bits per heavy atom. The second-order valence-corrected chi connectivity index (χ2v) is 5.89. The molecule has 0 atom stereocenters. The molecule has 0 spiro atoms. The van der Waals surface area contributed by atoms with Gasteiger partial charge in [-0.25, -0.2) is 0 Å². The van der Waals surface area contributed by atoms with Crippen LogP contribution in [-0.4, -0.2) is 25.2 Å². The molecular weight excluding hydrogens is 279 g/mol. The van der Waals surface area contributed by atoms with Gasteiger partial charge in [-0.1, -0.05) is 0 Å². The van der Waals surface area contributed by atoms with E-state index in [1.165, 1.54) is 11.1 Å². The second-order valence-electron chi connectivity index (χ2n) is 3.83. The van der Waals surface area contributed by atoms with Crippen LogP contribution in [0.2, 0.25) is 0 Å². The van der Waals surface area contributed by atoms with Crippen molar-refractivity contribution in [3.8, 4) is 11.5 Å². The van der Waals surface area contributed by atoms with Gasteiger partial charge in [0.25, 0.3) is 0 Å². The third-order valence-corrected chi connectivity index (χ3v) is 4.67. The van der Waals surface area contributed by atoms with Gasteiger partial charge in [-0.2, -0.15) is 0 Å². The van der Waals surface area contributed by atoms with Gasteiger partial charge in [0, 0.05) is 0 Å². The van der Waals surface area contributed by atoms with Crippen LogP contribution in [0.5, 0.6) is 11.5 Å². The zero-order chi connectivity index (χ0) is 12.1. The summed E-state index contributed by atoms with van der Waals surface area (Å²) in [6.07, 6.45) is 0. The first-order valence-corrected chi connectivity index (χ1v) is 7.80. The van der Waals surface area contributed by atoms with Gasteiger partial charge in [-0.05, 0) is 0 Å². The van der Waals surface area contributed by atoms with Crippen LogP contribution in [0.3, 0.4) is 0 Å². The van der Waals surface area contributed by atoms with Crippen molar-refractivity contribution in [3.05, 3.63) is 59.7 Å². The standard InChI is InChI=1S/C14H14O2Se/c15-13-5-1-11(2-6-13)9-17-10-12-3-7-14(16)8-4-12/h1-8,15-16H,9-10H2. The molecule has 0 aliphatic heterocycles. The molecule has 0 aliphatic rings. The van der Waals surface area contributed by atoms with Gasteiger partial charge in [-0.3, -0.25) is 0 Å². The summed E-state index contributed by atoms with van der Waals surface area (Å²) < 4.78 is 0. The first-order valence-electron chi connectivity index (χ1n) is 5.37. The van der Waals surface area contributed by atoms with Gasteiger partial charge < -0.3 is 0 Å². The second kappa shape index (κ2) is 5.76. The molecule has 0 aliphatic carbocycles. The Bertz CT molecular complexity index is 417. The average molecular weight is 293 g/mol. The van der Waals surface area contributed by atoms with Crippen molar-refractivity contribution < 1.29 is 10.2 Å². The van der Waals surface area contributed by atoms with Crippen LogP contribution in [0, 0.1) is 0 Å². The van der Waals surface area contributed by atoms with Crippen LogP contribution in [0.25, 0.3) is 0 Å². The predicted octanol–water partition coefficient (Wildman–Crippen LogP) is 2.50. The predicted molar refractivity (Wildman–Crippen MR) is 69.4 cm³/mol. The van der Waals surface area contributed by atoms with Crippen molar-refractivity contribution in [1.29, 1.82) is 0 Å². The van der Waals surface area contributed by atoms with E-state index in [0.29, 0.717) is 26.5 Å². The van der Waals surface area contributed by atoms with Gasteiger partial charge in [0.1, 0.15) is 0 Å². The number of phenols is 2. The summed E-state index contributed by atoms with van der Waals surface area (Å²) >= 11 is 0.508. The molecule has 0 fully saturated rings. The molecule has 0 saturated heterocycles. The Morgan fingerprint density at radius 2 is 1.00 bits per heavy atom. The molecule has 2 nitrogen and oxygen atoms in total. The number of hydrogen-bond acceptors (Lipinski definition) is 2. The third-order valence-electron chi connectivity index (χ3n) is 2.41. The fourth-order valence-electron chi connectivity index (χ4n) is 1.47. The molecule has 17 heavy (non-hydrogen) atoms. The molecule has 2 N–H and O–H groups in total. The fraction of sp³-hybridized carbons (Fsp3) is 0.143. The van der Waals surface area contributed by atoms with Gasteiger partial charge in [0.15, 0.2) is 0 Å². The number of rotatable bonds is 4. The van der Waals surface area contributed by atoms with Crippen molar-refractivity contribution in [2.45, 2.75) is 10.6 Å². The quantitative estimate of drug-likeness (QED) is 0.850. The molecule has 0 unspecified atom stereocenters. The zero-order valence-corrected chi connectivity index (χ0v) is 11.0. The van der Waals surface area contributed by atoms with Gasteiger partial charge in [0.05, 0.1) is 0 Å². The number of phenolic OH excluding ortho intramolecular Hbond substituents is 2. The minimum absolute atomic E-state index is 0.319. The Hall–Kier alpha value is -1.44. The summed E-state index contributed by atoms with van der Waals surface area (Å²) in [5.74, 6) is 0.638. The van der Waals surface area contributed by atoms with Crippen LogP contribution in [0.15, 0.2) is 48.5 Å². The summed E-state index contributed by atoms with van der Waals surface area (Å²) in [5, 5.41) is 20.5. The zero-order valence-electron chi connectivity index (χ0n) is 9.34. The molecular formula is C14H14O2Se. The van der Waals surface area contributed by atoms with Crippen LogP contribution in [0.4, 0.5) is 0 Å². The van der Waals surface area contributed by atoms with Crippen LogP contribution in [-0.2, 0) is 10.6 Å². The molecule has 0 heterocycles. The summed E-state index contributed by atoms with van der Waals surface area (Å²) in [4.78, 5) is 0. The summed E-state index contributed by atoms with van der Waals surface area (Å²) in [6.45, 7) is 0. The van der Waals surface area contributed by atoms with Crippen LogP contribution in [0.1, 0.15) is 11.1 Å². The van der Waals surface area contributed by atoms with Crippen LogP contribution >= 0.6 is 0 Å². The maximum absolute atomic E-state index is 9.17. The topological polar surface area (TPSA) is 40.5 Å². The Kier molecular flexibility index (Phi) is 4.07. The monoisotopic (exact) mass is 294 g/mol. The van der Waals surface area contributed by atoms with Crippen molar-refractivity contribution in [1.82, 2.24) is 0 Å². The third kappa shape index (κ3) is 3.81. The molecule has 0 bridgehead atoms. The number of benzene rings is 2. The van der Waals surface area contributed by atoms with Gasteiger partial charge >= 0.3 is 107 Å².